The number of nitrogens with one attached hydrogen (secondary N) is 1. The number of rotatable bonds is 7. The number of carboxylic acids is 1. The molecule has 7 nitrogen and oxygen atoms in total. The molecule has 1 atom stereocenters. The van der Waals surface area contributed by atoms with Crippen LogP contribution in [0.15, 0.2) is 29.6 Å². The van der Waals surface area contributed by atoms with Gasteiger partial charge >= 0.3 is 5.97 Å². The van der Waals surface area contributed by atoms with E-state index < -0.39 is 16.8 Å². The number of ether oxygens (including phenoxy) is 1. The molecule has 128 valence electrons. The van der Waals surface area contributed by atoms with Gasteiger partial charge in [-0.2, -0.15) is 0 Å². The van der Waals surface area contributed by atoms with Crippen molar-refractivity contribution in [3.8, 4) is 5.75 Å². The van der Waals surface area contributed by atoms with Crippen molar-refractivity contribution >= 4 is 45.2 Å². The van der Waals surface area contributed by atoms with E-state index in [-0.39, 0.29) is 16.5 Å². The van der Waals surface area contributed by atoms with Gasteiger partial charge in [-0.25, -0.2) is 14.8 Å². The highest BCUT2D eigenvalue weighted by molar-refractivity contribution is 14.1. The summed E-state index contributed by atoms with van der Waals surface area (Å²) in [7, 11) is 0.230. The van der Waals surface area contributed by atoms with Crippen LogP contribution >= 0.6 is 22.6 Å². The molecule has 2 aromatic rings. The molecule has 1 unspecified atom stereocenters. The van der Waals surface area contributed by atoms with Gasteiger partial charge in [0.25, 0.3) is 0 Å². The minimum atomic E-state index is -1.39. The lowest BCUT2D eigenvalue weighted by molar-refractivity contribution is 0.0697. The number of methoxy groups -OCH3 is 1. The Labute approximate surface area is 155 Å². The average molecular weight is 461 g/mol. The highest BCUT2D eigenvalue weighted by Crippen LogP contribution is 2.23. The van der Waals surface area contributed by atoms with Gasteiger partial charge in [0.2, 0.25) is 5.16 Å². The number of aromatic carboxylic acids is 1. The molecule has 0 saturated heterocycles. The van der Waals surface area contributed by atoms with E-state index in [1.807, 2.05) is 18.2 Å². The van der Waals surface area contributed by atoms with Crippen LogP contribution in [0.4, 0.5) is 5.82 Å². The second kappa shape index (κ2) is 8.38. The number of anilines is 1. The third-order valence-corrected chi connectivity index (χ3v) is 4.74. The van der Waals surface area contributed by atoms with Gasteiger partial charge in [0.05, 0.1) is 17.9 Å². The van der Waals surface area contributed by atoms with Crippen LogP contribution in [0.1, 0.15) is 21.5 Å². The zero-order chi connectivity index (χ0) is 17.7. The molecule has 2 rings (SSSR count). The molecule has 0 radical (unpaired) electrons. The third kappa shape index (κ3) is 4.41. The van der Waals surface area contributed by atoms with Gasteiger partial charge < -0.3 is 15.2 Å². The highest BCUT2D eigenvalue weighted by atomic mass is 127. The number of alkyl halides is 1. The quantitative estimate of drug-likeness (QED) is 0.371. The number of carboxylic acid groups (broad SMARTS) is 1. The van der Waals surface area contributed by atoms with Crippen LogP contribution in [0.3, 0.4) is 0 Å². The lowest BCUT2D eigenvalue weighted by atomic mass is 10.1. The molecule has 0 spiro atoms. The van der Waals surface area contributed by atoms with E-state index in [1.54, 1.807) is 7.11 Å². The Balaban J connectivity index is 2.26. The molecular formula is C15H16IN3O4S. The van der Waals surface area contributed by atoms with Crippen LogP contribution < -0.4 is 10.1 Å². The van der Waals surface area contributed by atoms with E-state index in [1.165, 1.54) is 12.5 Å². The summed E-state index contributed by atoms with van der Waals surface area (Å²) < 4.78 is 17.6. The van der Waals surface area contributed by atoms with Crippen LogP contribution in [0.2, 0.25) is 0 Å². The standard InChI is InChI=1S/C15H16IN3O4S/c1-23-12-4-3-9(5-10(12)6-16)7-17-13-11(14(20)21)8-18-15(19-13)24(2)22/h3-5,8H,6-7H2,1-2H3,(H,20,21)(H,17,18,19). The molecule has 0 aliphatic rings. The maximum Gasteiger partial charge on any atom is 0.341 e. The number of hydrogen-bond acceptors (Lipinski definition) is 6. The first kappa shape index (κ1) is 18.6. The van der Waals surface area contributed by atoms with Crippen molar-refractivity contribution in [2.24, 2.45) is 0 Å². The number of aromatic nitrogens is 2. The molecule has 1 aromatic heterocycles. The van der Waals surface area contributed by atoms with Gasteiger partial charge in [0.15, 0.2) is 0 Å². The van der Waals surface area contributed by atoms with Gasteiger partial charge in [-0.3, -0.25) is 4.21 Å². The van der Waals surface area contributed by atoms with Crippen molar-refractivity contribution in [1.29, 1.82) is 0 Å². The van der Waals surface area contributed by atoms with E-state index in [0.29, 0.717) is 6.54 Å². The fraction of sp³-hybridized carbons (Fsp3) is 0.267. The first-order chi connectivity index (χ1) is 11.5. The fourth-order valence-electron chi connectivity index (χ4n) is 2.03. The number of hydrogen-bond donors (Lipinski definition) is 2. The van der Waals surface area contributed by atoms with E-state index in [9.17, 15) is 14.1 Å². The predicted molar refractivity (Wildman–Crippen MR) is 99.4 cm³/mol. The Kier molecular flexibility index (Phi) is 6.49. The normalized spacial score (nSPS) is 11.8. The Bertz CT molecular complexity index is 785. The third-order valence-electron chi connectivity index (χ3n) is 3.20. The lowest BCUT2D eigenvalue weighted by Crippen LogP contribution is -2.11. The van der Waals surface area contributed by atoms with Crippen LogP contribution in [0.25, 0.3) is 0 Å². The van der Waals surface area contributed by atoms with Crippen molar-refractivity contribution < 1.29 is 18.8 Å². The number of benzene rings is 1. The van der Waals surface area contributed by atoms with Gasteiger partial charge in [-0.15, -0.1) is 0 Å². The minimum absolute atomic E-state index is 0.0631. The topological polar surface area (TPSA) is 101 Å². The zero-order valence-corrected chi connectivity index (χ0v) is 16.1. The molecule has 0 bridgehead atoms. The van der Waals surface area contributed by atoms with E-state index in [4.69, 9.17) is 4.74 Å². The van der Waals surface area contributed by atoms with Gasteiger partial charge in [-0.1, -0.05) is 28.7 Å². The summed E-state index contributed by atoms with van der Waals surface area (Å²) in [6.07, 6.45) is 2.61. The van der Waals surface area contributed by atoms with Crippen molar-refractivity contribution in [3.63, 3.8) is 0 Å². The van der Waals surface area contributed by atoms with E-state index in [0.717, 1.165) is 21.3 Å². The van der Waals surface area contributed by atoms with Gasteiger partial charge in [-0.05, 0) is 17.7 Å². The second-order valence-corrected chi connectivity index (χ2v) is 6.84. The maximum atomic E-state index is 11.5. The minimum Gasteiger partial charge on any atom is -0.496 e. The van der Waals surface area contributed by atoms with E-state index in [2.05, 4.69) is 37.9 Å². The molecule has 0 aliphatic heterocycles. The molecule has 0 aliphatic carbocycles. The predicted octanol–water partition coefficient (Wildman–Crippen LogP) is 2.47. The van der Waals surface area contributed by atoms with Crippen molar-refractivity contribution in [3.05, 3.63) is 41.1 Å². The number of carbonyl (C=O) groups is 1. The van der Waals surface area contributed by atoms with Crippen molar-refractivity contribution in [2.75, 3.05) is 18.7 Å². The summed E-state index contributed by atoms with van der Waals surface area (Å²) in [5.74, 6) is -0.187. The summed E-state index contributed by atoms with van der Waals surface area (Å²) in [4.78, 5) is 19.2. The average Bonchev–Trinajstić information content (AvgIpc) is 2.59. The van der Waals surface area contributed by atoms with Crippen LogP contribution in [-0.2, 0) is 21.8 Å². The van der Waals surface area contributed by atoms with Crippen LogP contribution in [0, 0.1) is 0 Å². The Morgan fingerprint density at radius 2 is 2.21 bits per heavy atom. The fourth-order valence-corrected chi connectivity index (χ4v) is 3.04. The molecule has 9 heteroatoms. The zero-order valence-electron chi connectivity index (χ0n) is 13.1. The first-order valence-electron chi connectivity index (χ1n) is 6.85. The monoisotopic (exact) mass is 461 g/mol. The van der Waals surface area contributed by atoms with E-state index >= 15 is 0 Å². The van der Waals surface area contributed by atoms with Crippen molar-refractivity contribution in [1.82, 2.24) is 9.97 Å². The van der Waals surface area contributed by atoms with Crippen molar-refractivity contribution in [2.45, 2.75) is 16.1 Å². The molecule has 24 heavy (non-hydrogen) atoms. The van der Waals surface area contributed by atoms with Crippen LogP contribution in [-0.4, -0.2) is 38.6 Å². The van der Waals surface area contributed by atoms with Gasteiger partial charge in [0, 0.05) is 29.0 Å². The Morgan fingerprint density at radius 3 is 2.79 bits per heavy atom. The molecule has 2 N–H and O–H groups in total. The smallest absolute Gasteiger partial charge is 0.341 e. The largest absolute Gasteiger partial charge is 0.496 e. The summed E-state index contributed by atoms with van der Waals surface area (Å²) in [5.41, 5.74) is 1.94. The molecule has 0 amide bonds. The molecule has 1 aromatic carbocycles. The summed E-state index contributed by atoms with van der Waals surface area (Å²) in [6.45, 7) is 0.376. The summed E-state index contributed by atoms with van der Waals surface area (Å²) in [6, 6.07) is 5.75. The molecule has 0 saturated carbocycles. The molecular weight excluding hydrogens is 445 g/mol. The van der Waals surface area contributed by atoms with Crippen LogP contribution in [0.5, 0.6) is 5.75 Å². The Morgan fingerprint density at radius 1 is 1.46 bits per heavy atom. The maximum absolute atomic E-state index is 11.5. The molecule has 1 heterocycles. The highest BCUT2D eigenvalue weighted by Gasteiger charge is 2.15. The number of halogens is 1. The Hall–Kier alpha value is -1.75. The van der Waals surface area contributed by atoms with Gasteiger partial charge in [0.1, 0.15) is 17.1 Å². The SMILES string of the molecule is COc1ccc(CNc2nc(S(C)=O)ncc2C(=O)O)cc1CI. The summed E-state index contributed by atoms with van der Waals surface area (Å²) in [5, 5.41) is 12.3. The molecule has 0 fully saturated rings. The lowest BCUT2D eigenvalue weighted by Gasteiger charge is -2.12. The summed E-state index contributed by atoms with van der Waals surface area (Å²) >= 11 is 2.25. The second-order valence-electron chi connectivity index (χ2n) is 4.81. The first-order valence-corrected chi connectivity index (χ1v) is 9.94. The number of nitrogens with zero attached hydrogens (tertiary/aromatic N) is 2.